The highest BCUT2D eigenvalue weighted by atomic mass is 127. The summed E-state index contributed by atoms with van der Waals surface area (Å²) in [6.45, 7) is 3.53. The molecule has 1 atom stereocenters. The number of furan rings is 1. The Hall–Kier alpha value is -1.95. The van der Waals surface area contributed by atoms with Gasteiger partial charge in [0.25, 0.3) is 0 Å². The van der Waals surface area contributed by atoms with E-state index in [2.05, 4.69) is 0 Å². The Kier molecular flexibility index (Phi) is 4.57. The first kappa shape index (κ1) is 15.4. The summed E-state index contributed by atoms with van der Waals surface area (Å²) < 4.78 is 16.5. The maximum Gasteiger partial charge on any atom is 0.338 e. The van der Waals surface area contributed by atoms with Crippen molar-refractivity contribution in [3.63, 3.8) is 0 Å². The molecule has 0 aliphatic carbocycles. The Morgan fingerprint density at radius 1 is 1.57 bits per heavy atom. The highest BCUT2D eigenvalue weighted by molar-refractivity contribution is 14.1. The molecule has 0 aromatic carbocycles. The zero-order valence-corrected chi connectivity index (χ0v) is 13.6. The van der Waals surface area contributed by atoms with E-state index in [4.69, 9.17) is 19.6 Å². The number of ether oxygens (including phenoxy) is 2. The van der Waals surface area contributed by atoms with Gasteiger partial charge in [-0.15, -0.1) is 0 Å². The standard InChI is InChI=1S/C14H13IN2O4/c1-3-19-14(18)11-7(2)20-13(17)8(6-16)12(11)9-4-5-10(15)21-9/h4-5,12H,3,17H2,1-2H3/t12-/m1/s1. The number of hydrogen-bond acceptors (Lipinski definition) is 6. The van der Waals surface area contributed by atoms with Crippen LogP contribution in [0.2, 0.25) is 0 Å². The molecule has 0 amide bonds. The molecule has 0 saturated heterocycles. The van der Waals surface area contributed by atoms with E-state index >= 15 is 0 Å². The Bertz CT molecular complexity index is 681. The fraction of sp³-hybridized carbons (Fsp3) is 0.286. The predicted molar refractivity (Wildman–Crippen MR) is 81.4 cm³/mol. The third-order valence-corrected chi connectivity index (χ3v) is 3.56. The number of carbonyl (C=O) groups is 1. The number of nitriles is 1. The van der Waals surface area contributed by atoms with Crippen molar-refractivity contribution in [1.29, 1.82) is 5.26 Å². The third kappa shape index (κ3) is 2.90. The van der Waals surface area contributed by atoms with Crippen molar-refractivity contribution >= 4 is 28.6 Å². The monoisotopic (exact) mass is 400 g/mol. The Labute approximate surface area is 135 Å². The van der Waals surface area contributed by atoms with Gasteiger partial charge < -0.3 is 19.6 Å². The molecule has 2 rings (SSSR count). The number of carbonyl (C=O) groups excluding carboxylic acids is 1. The van der Waals surface area contributed by atoms with E-state index in [9.17, 15) is 10.1 Å². The lowest BCUT2D eigenvalue weighted by atomic mass is 9.87. The van der Waals surface area contributed by atoms with Crippen LogP contribution >= 0.6 is 22.6 Å². The molecule has 7 heteroatoms. The minimum Gasteiger partial charge on any atom is -0.463 e. The van der Waals surface area contributed by atoms with Crippen LogP contribution in [0, 0.1) is 15.1 Å². The first-order chi connectivity index (χ1) is 9.99. The molecule has 0 bridgehead atoms. The summed E-state index contributed by atoms with van der Waals surface area (Å²) in [6.07, 6.45) is 0. The largest absolute Gasteiger partial charge is 0.463 e. The van der Waals surface area contributed by atoms with Crippen molar-refractivity contribution in [3.8, 4) is 6.07 Å². The molecular formula is C14H13IN2O4. The van der Waals surface area contributed by atoms with Gasteiger partial charge in [0, 0.05) is 0 Å². The second kappa shape index (κ2) is 6.22. The van der Waals surface area contributed by atoms with Crippen LogP contribution in [-0.4, -0.2) is 12.6 Å². The van der Waals surface area contributed by atoms with E-state index in [-0.39, 0.29) is 23.6 Å². The van der Waals surface area contributed by atoms with Crippen molar-refractivity contribution < 1.29 is 18.7 Å². The quantitative estimate of drug-likeness (QED) is 0.619. The van der Waals surface area contributed by atoms with Crippen molar-refractivity contribution in [3.05, 3.63) is 44.4 Å². The average molecular weight is 400 g/mol. The van der Waals surface area contributed by atoms with Crippen LogP contribution in [0.4, 0.5) is 0 Å². The highest BCUT2D eigenvalue weighted by Gasteiger charge is 2.38. The normalized spacial score (nSPS) is 18.3. The van der Waals surface area contributed by atoms with Gasteiger partial charge in [0.15, 0.2) is 3.77 Å². The van der Waals surface area contributed by atoms with E-state index < -0.39 is 11.9 Å². The number of nitrogens with zero attached hydrogens (tertiary/aromatic N) is 1. The van der Waals surface area contributed by atoms with Gasteiger partial charge >= 0.3 is 5.97 Å². The number of esters is 1. The van der Waals surface area contributed by atoms with Crippen LogP contribution in [-0.2, 0) is 14.3 Å². The summed E-state index contributed by atoms with van der Waals surface area (Å²) in [6, 6.07) is 5.43. The minimum atomic E-state index is -0.716. The fourth-order valence-corrected chi connectivity index (χ4v) is 2.56. The van der Waals surface area contributed by atoms with Gasteiger partial charge in [0.1, 0.15) is 23.2 Å². The van der Waals surface area contributed by atoms with Crippen LogP contribution in [0.5, 0.6) is 0 Å². The zero-order valence-electron chi connectivity index (χ0n) is 11.5. The zero-order chi connectivity index (χ0) is 15.6. The molecule has 1 aromatic rings. The van der Waals surface area contributed by atoms with Crippen molar-refractivity contribution in [2.24, 2.45) is 5.73 Å². The van der Waals surface area contributed by atoms with E-state index in [1.807, 2.05) is 28.7 Å². The van der Waals surface area contributed by atoms with E-state index in [1.54, 1.807) is 26.0 Å². The van der Waals surface area contributed by atoms with E-state index in [0.717, 1.165) is 0 Å². The van der Waals surface area contributed by atoms with Gasteiger partial charge in [-0.2, -0.15) is 5.26 Å². The fourth-order valence-electron chi connectivity index (χ4n) is 2.12. The molecule has 1 aromatic heterocycles. The van der Waals surface area contributed by atoms with E-state index in [1.165, 1.54) is 0 Å². The molecule has 0 fully saturated rings. The van der Waals surface area contributed by atoms with Gasteiger partial charge in [-0.25, -0.2) is 4.79 Å². The van der Waals surface area contributed by atoms with Gasteiger partial charge in [0.05, 0.1) is 18.1 Å². The van der Waals surface area contributed by atoms with Gasteiger partial charge in [-0.1, -0.05) is 0 Å². The molecular weight excluding hydrogens is 387 g/mol. The molecule has 0 unspecified atom stereocenters. The first-order valence-electron chi connectivity index (χ1n) is 6.20. The summed E-state index contributed by atoms with van der Waals surface area (Å²) in [7, 11) is 0. The maximum atomic E-state index is 12.2. The highest BCUT2D eigenvalue weighted by Crippen LogP contribution is 2.40. The number of rotatable bonds is 3. The lowest BCUT2D eigenvalue weighted by molar-refractivity contribution is -0.139. The first-order valence-corrected chi connectivity index (χ1v) is 7.28. The lowest BCUT2D eigenvalue weighted by Gasteiger charge is -2.25. The van der Waals surface area contributed by atoms with Crippen molar-refractivity contribution in [2.75, 3.05) is 6.61 Å². The Morgan fingerprint density at radius 3 is 2.81 bits per heavy atom. The molecule has 1 aliphatic heterocycles. The van der Waals surface area contributed by atoms with Crippen LogP contribution < -0.4 is 5.73 Å². The number of allylic oxidation sites excluding steroid dienone is 2. The predicted octanol–water partition coefficient (Wildman–Crippen LogP) is 2.53. The molecule has 2 heterocycles. The Morgan fingerprint density at radius 2 is 2.29 bits per heavy atom. The van der Waals surface area contributed by atoms with Gasteiger partial charge in [-0.3, -0.25) is 0 Å². The van der Waals surface area contributed by atoms with Crippen molar-refractivity contribution in [2.45, 2.75) is 19.8 Å². The average Bonchev–Trinajstić information content (AvgIpc) is 2.84. The summed E-state index contributed by atoms with van der Waals surface area (Å²) in [5.74, 6) is -0.539. The number of nitrogens with two attached hydrogens (primary N) is 1. The van der Waals surface area contributed by atoms with Crippen LogP contribution in [0.1, 0.15) is 25.5 Å². The summed E-state index contributed by atoms with van der Waals surface area (Å²) in [5, 5.41) is 9.33. The molecule has 2 N–H and O–H groups in total. The summed E-state index contributed by atoms with van der Waals surface area (Å²) >= 11 is 2.01. The molecule has 6 nitrogen and oxygen atoms in total. The minimum absolute atomic E-state index is 0.0283. The van der Waals surface area contributed by atoms with Crippen LogP contribution in [0.25, 0.3) is 0 Å². The molecule has 1 aliphatic rings. The smallest absolute Gasteiger partial charge is 0.338 e. The summed E-state index contributed by atoms with van der Waals surface area (Å²) in [5.41, 5.74) is 6.12. The molecule has 0 radical (unpaired) electrons. The number of hydrogen-bond donors (Lipinski definition) is 1. The van der Waals surface area contributed by atoms with Crippen molar-refractivity contribution in [1.82, 2.24) is 0 Å². The SMILES string of the molecule is CCOC(=O)C1=C(C)OC(N)=C(C#N)[C@@H]1c1ccc(I)o1. The number of halogens is 1. The maximum absolute atomic E-state index is 12.2. The Balaban J connectivity index is 2.57. The van der Waals surface area contributed by atoms with E-state index in [0.29, 0.717) is 15.3 Å². The second-order valence-corrected chi connectivity index (χ2v) is 5.32. The van der Waals surface area contributed by atoms with Crippen LogP contribution in [0.3, 0.4) is 0 Å². The molecule has 21 heavy (non-hydrogen) atoms. The molecule has 0 spiro atoms. The summed E-state index contributed by atoms with van der Waals surface area (Å²) in [4.78, 5) is 12.2. The topological polar surface area (TPSA) is 98.5 Å². The molecule has 0 saturated carbocycles. The molecule has 110 valence electrons. The van der Waals surface area contributed by atoms with Crippen LogP contribution in [0.15, 0.2) is 39.3 Å². The third-order valence-electron chi connectivity index (χ3n) is 2.98. The van der Waals surface area contributed by atoms with Gasteiger partial charge in [-0.05, 0) is 48.6 Å². The second-order valence-electron chi connectivity index (χ2n) is 4.26. The lowest BCUT2D eigenvalue weighted by Crippen LogP contribution is -2.25. The van der Waals surface area contributed by atoms with Gasteiger partial charge in [0.2, 0.25) is 5.88 Å².